The van der Waals surface area contributed by atoms with E-state index in [1.54, 1.807) is 0 Å². The largest absolute Gasteiger partial charge is 0.394 e. The molecule has 2 atom stereocenters. The van der Waals surface area contributed by atoms with Crippen LogP contribution in [-0.4, -0.2) is 47.8 Å². The van der Waals surface area contributed by atoms with Crippen molar-refractivity contribution in [2.24, 2.45) is 5.92 Å². The number of hydrogen-bond donors (Lipinski definition) is 2. The summed E-state index contributed by atoms with van der Waals surface area (Å²) in [4.78, 5) is 2.66. The fourth-order valence-corrected chi connectivity index (χ4v) is 4.38. The number of hydrogen-bond acceptors (Lipinski definition) is 3. The van der Waals surface area contributed by atoms with E-state index >= 15 is 0 Å². The van der Waals surface area contributed by atoms with E-state index in [0.29, 0.717) is 12.6 Å². The lowest BCUT2D eigenvalue weighted by molar-refractivity contribution is 0.0405. The van der Waals surface area contributed by atoms with Gasteiger partial charge in [0, 0.05) is 17.6 Å². The molecule has 2 rings (SSSR count). The van der Waals surface area contributed by atoms with Crippen molar-refractivity contribution in [3.63, 3.8) is 0 Å². The molecule has 2 fully saturated rings. The van der Waals surface area contributed by atoms with E-state index < -0.39 is 0 Å². The molecule has 0 spiro atoms. The zero-order valence-corrected chi connectivity index (χ0v) is 14.4. The Bertz CT molecular complexity index is 302. The molecule has 0 aliphatic heterocycles. The second-order valence-electron chi connectivity index (χ2n) is 7.69. The van der Waals surface area contributed by atoms with Crippen LogP contribution in [0.4, 0.5) is 0 Å². The standard InChI is InChI=1S/C18H36N2O/c1-4-12-19-18(14-21)11-5-6-17(13-18)20(3)16-9-7-15(2)8-10-16/h15-17,19,21H,4-14H2,1-3H3. The molecule has 2 N–H and O–H groups in total. The second-order valence-corrected chi connectivity index (χ2v) is 7.69. The van der Waals surface area contributed by atoms with Crippen LogP contribution in [-0.2, 0) is 0 Å². The zero-order valence-electron chi connectivity index (χ0n) is 14.4. The van der Waals surface area contributed by atoms with E-state index in [4.69, 9.17) is 0 Å². The molecule has 0 bridgehead atoms. The second kappa shape index (κ2) is 7.94. The summed E-state index contributed by atoms with van der Waals surface area (Å²) in [5.74, 6) is 0.920. The van der Waals surface area contributed by atoms with Crippen LogP contribution in [0.5, 0.6) is 0 Å². The van der Waals surface area contributed by atoms with Crippen LogP contribution in [0.1, 0.15) is 71.6 Å². The van der Waals surface area contributed by atoms with Crippen molar-refractivity contribution < 1.29 is 5.11 Å². The highest BCUT2D eigenvalue weighted by Crippen LogP contribution is 2.34. The summed E-state index contributed by atoms with van der Waals surface area (Å²) in [6.07, 6.45) is 11.4. The van der Waals surface area contributed by atoms with Gasteiger partial charge in [0.25, 0.3) is 0 Å². The minimum Gasteiger partial charge on any atom is -0.394 e. The van der Waals surface area contributed by atoms with E-state index in [1.165, 1.54) is 38.5 Å². The Morgan fingerprint density at radius 3 is 2.48 bits per heavy atom. The maximum atomic E-state index is 9.93. The SMILES string of the molecule is CCCNC1(CO)CCCC(N(C)C2CCC(C)CC2)C1. The molecule has 0 aromatic rings. The molecule has 0 radical (unpaired) electrons. The van der Waals surface area contributed by atoms with E-state index in [0.717, 1.165) is 37.8 Å². The Labute approximate surface area is 131 Å². The van der Waals surface area contributed by atoms with Gasteiger partial charge in [-0.1, -0.05) is 13.8 Å². The molecule has 2 aliphatic carbocycles. The van der Waals surface area contributed by atoms with Crippen molar-refractivity contribution in [1.29, 1.82) is 0 Å². The minimum atomic E-state index is -0.0187. The molecule has 124 valence electrons. The predicted octanol–water partition coefficient (Wildman–Crippen LogP) is 3.17. The maximum absolute atomic E-state index is 9.93. The molecule has 2 aliphatic rings. The first kappa shape index (κ1) is 17.2. The van der Waals surface area contributed by atoms with Gasteiger partial charge in [0.1, 0.15) is 0 Å². The third kappa shape index (κ3) is 4.43. The molecule has 0 heterocycles. The van der Waals surface area contributed by atoms with Gasteiger partial charge in [-0.05, 0) is 77.3 Å². The monoisotopic (exact) mass is 296 g/mol. The van der Waals surface area contributed by atoms with Crippen molar-refractivity contribution >= 4 is 0 Å². The number of nitrogens with zero attached hydrogens (tertiary/aromatic N) is 1. The van der Waals surface area contributed by atoms with Crippen molar-refractivity contribution in [3.8, 4) is 0 Å². The molecule has 0 aromatic carbocycles. The Morgan fingerprint density at radius 2 is 1.86 bits per heavy atom. The van der Waals surface area contributed by atoms with E-state index in [1.807, 2.05) is 0 Å². The van der Waals surface area contributed by atoms with Gasteiger partial charge in [-0.3, -0.25) is 0 Å². The summed E-state index contributed by atoms with van der Waals surface area (Å²) in [5, 5.41) is 13.6. The molecule has 3 nitrogen and oxygen atoms in total. The van der Waals surface area contributed by atoms with Gasteiger partial charge in [0.2, 0.25) is 0 Å². The Hall–Kier alpha value is -0.120. The van der Waals surface area contributed by atoms with Crippen molar-refractivity contribution in [3.05, 3.63) is 0 Å². The van der Waals surface area contributed by atoms with Crippen molar-refractivity contribution in [2.75, 3.05) is 20.2 Å². The Kier molecular flexibility index (Phi) is 6.51. The van der Waals surface area contributed by atoms with Crippen LogP contribution < -0.4 is 5.32 Å². The number of aliphatic hydroxyl groups is 1. The van der Waals surface area contributed by atoms with Gasteiger partial charge < -0.3 is 15.3 Å². The minimum absolute atomic E-state index is 0.0187. The van der Waals surface area contributed by atoms with Crippen LogP contribution in [0.15, 0.2) is 0 Å². The van der Waals surface area contributed by atoms with Gasteiger partial charge in [0.05, 0.1) is 6.61 Å². The smallest absolute Gasteiger partial charge is 0.0613 e. The fraction of sp³-hybridized carbons (Fsp3) is 1.00. The van der Waals surface area contributed by atoms with Gasteiger partial charge in [-0.2, -0.15) is 0 Å². The summed E-state index contributed by atoms with van der Waals surface area (Å²) in [6, 6.07) is 1.42. The summed E-state index contributed by atoms with van der Waals surface area (Å²) in [6.45, 7) is 5.91. The molecular formula is C18H36N2O. The first-order valence-electron chi connectivity index (χ1n) is 9.18. The quantitative estimate of drug-likeness (QED) is 0.790. The van der Waals surface area contributed by atoms with E-state index in [-0.39, 0.29) is 5.54 Å². The molecule has 0 amide bonds. The van der Waals surface area contributed by atoms with Crippen molar-refractivity contribution in [2.45, 2.75) is 89.3 Å². The molecule has 0 aromatic heterocycles. The average Bonchev–Trinajstić information content (AvgIpc) is 2.53. The van der Waals surface area contributed by atoms with Crippen LogP contribution in [0.25, 0.3) is 0 Å². The number of nitrogens with one attached hydrogen (secondary N) is 1. The van der Waals surface area contributed by atoms with Gasteiger partial charge in [-0.15, -0.1) is 0 Å². The Morgan fingerprint density at radius 1 is 1.14 bits per heavy atom. The number of aliphatic hydroxyl groups excluding tert-OH is 1. The Balaban J connectivity index is 1.92. The summed E-state index contributed by atoms with van der Waals surface area (Å²) in [7, 11) is 2.33. The third-order valence-corrected chi connectivity index (χ3v) is 6.01. The zero-order chi connectivity index (χ0) is 15.3. The lowest BCUT2D eigenvalue weighted by Crippen LogP contribution is -2.56. The summed E-state index contributed by atoms with van der Waals surface area (Å²) in [5.41, 5.74) is -0.0187. The topological polar surface area (TPSA) is 35.5 Å². The lowest BCUT2D eigenvalue weighted by atomic mass is 9.77. The van der Waals surface area contributed by atoms with E-state index in [9.17, 15) is 5.11 Å². The highest BCUT2D eigenvalue weighted by atomic mass is 16.3. The average molecular weight is 296 g/mol. The number of rotatable bonds is 6. The maximum Gasteiger partial charge on any atom is 0.0613 e. The highest BCUT2D eigenvalue weighted by Gasteiger charge is 2.38. The molecule has 21 heavy (non-hydrogen) atoms. The highest BCUT2D eigenvalue weighted by molar-refractivity contribution is 4.97. The normalized spacial score (nSPS) is 37.9. The van der Waals surface area contributed by atoms with Crippen LogP contribution in [0.3, 0.4) is 0 Å². The molecule has 2 unspecified atom stereocenters. The van der Waals surface area contributed by atoms with Crippen molar-refractivity contribution in [1.82, 2.24) is 10.2 Å². The lowest BCUT2D eigenvalue weighted by Gasteiger charge is -2.46. The summed E-state index contributed by atoms with van der Waals surface area (Å²) < 4.78 is 0. The molecule has 2 saturated carbocycles. The molecular weight excluding hydrogens is 260 g/mol. The molecule has 0 saturated heterocycles. The van der Waals surface area contributed by atoms with Gasteiger partial charge in [0.15, 0.2) is 0 Å². The third-order valence-electron chi connectivity index (χ3n) is 6.01. The van der Waals surface area contributed by atoms with Crippen LogP contribution >= 0.6 is 0 Å². The van der Waals surface area contributed by atoms with Crippen LogP contribution in [0, 0.1) is 5.92 Å². The fourth-order valence-electron chi connectivity index (χ4n) is 4.38. The van der Waals surface area contributed by atoms with Crippen LogP contribution in [0.2, 0.25) is 0 Å². The van der Waals surface area contributed by atoms with Gasteiger partial charge >= 0.3 is 0 Å². The summed E-state index contributed by atoms with van der Waals surface area (Å²) >= 11 is 0. The first-order chi connectivity index (χ1) is 10.1. The molecule has 3 heteroatoms. The van der Waals surface area contributed by atoms with E-state index in [2.05, 4.69) is 31.1 Å². The predicted molar refractivity (Wildman–Crippen MR) is 89.5 cm³/mol. The first-order valence-corrected chi connectivity index (χ1v) is 9.18. The van der Waals surface area contributed by atoms with Gasteiger partial charge in [-0.25, -0.2) is 0 Å².